The average Bonchev–Trinajstić information content (AvgIpc) is 2.82. The molecule has 0 amide bonds. The van der Waals surface area contributed by atoms with Crippen LogP contribution in [-0.4, -0.2) is 11.1 Å². The van der Waals surface area contributed by atoms with Gasteiger partial charge in [-0.3, -0.25) is 0 Å². The molecule has 1 aromatic heterocycles. The maximum absolute atomic E-state index is 13.6. The molecule has 1 N–H and O–H groups in total. The Morgan fingerprint density at radius 2 is 1.90 bits per heavy atom. The third kappa shape index (κ3) is 1.67. The monoisotopic (exact) mass is 266 g/mol. The van der Waals surface area contributed by atoms with Crippen molar-refractivity contribution in [2.75, 3.05) is 6.54 Å². The predicted octanol–water partition coefficient (Wildman–Crippen LogP) is 3.42. The third-order valence-electron chi connectivity index (χ3n) is 4.00. The van der Waals surface area contributed by atoms with E-state index in [2.05, 4.69) is 22.0 Å². The van der Waals surface area contributed by atoms with E-state index in [9.17, 15) is 4.39 Å². The van der Waals surface area contributed by atoms with Gasteiger partial charge < -0.3 is 9.88 Å². The molecule has 3 heteroatoms. The van der Waals surface area contributed by atoms with Crippen LogP contribution in [-0.2, 0) is 13.0 Å². The van der Waals surface area contributed by atoms with Gasteiger partial charge in [0.05, 0.1) is 5.52 Å². The van der Waals surface area contributed by atoms with Crippen molar-refractivity contribution >= 4 is 10.9 Å². The van der Waals surface area contributed by atoms with E-state index >= 15 is 0 Å². The van der Waals surface area contributed by atoms with Gasteiger partial charge in [-0.1, -0.05) is 18.2 Å². The number of halogens is 1. The number of benzene rings is 2. The van der Waals surface area contributed by atoms with Gasteiger partial charge >= 0.3 is 0 Å². The summed E-state index contributed by atoms with van der Waals surface area (Å²) >= 11 is 0. The van der Waals surface area contributed by atoms with Crippen LogP contribution in [0.2, 0.25) is 0 Å². The van der Waals surface area contributed by atoms with Crippen LogP contribution in [0, 0.1) is 5.82 Å². The molecule has 1 aliphatic heterocycles. The molecule has 0 radical (unpaired) electrons. The molecule has 2 heterocycles. The lowest BCUT2D eigenvalue weighted by Gasteiger charge is -2.17. The first-order chi connectivity index (χ1) is 9.84. The Kier molecular flexibility index (Phi) is 2.60. The van der Waals surface area contributed by atoms with E-state index in [-0.39, 0.29) is 5.82 Å². The largest absolute Gasteiger partial charge is 0.313 e. The van der Waals surface area contributed by atoms with Crippen LogP contribution in [0.15, 0.2) is 48.5 Å². The number of aromatic nitrogens is 1. The third-order valence-corrected chi connectivity index (χ3v) is 4.00. The Hall–Kier alpha value is -2.13. The van der Waals surface area contributed by atoms with E-state index < -0.39 is 0 Å². The summed E-state index contributed by atoms with van der Waals surface area (Å²) in [4.78, 5) is 0. The molecule has 1 aliphatic rings. The average molecular weight is 266 g/mol. The van der Waals surface area contributed by atoms with Gasteiger partial charge in [0.25, 0.3) is 0 Å². The zero-order chi connectivity index (χ0) is 13.5. The van der Waals surface area contributed by atoms with Crippen molar-refractivity contribution in [1.29, 1.82) is 0 Å². The number of hydrogen-bond acceptors (Lipinski definition) is 1. The van der Waals surface area contributed by atoms with Crippen molar-refractivity contribution in [3.63, 3.8) is 0 Å². The lowest BCUT2D eigenvalue weighted by Crippen LogP contribution is -2.24. The van der Waals surface area contributed by atoms with Crippen LogP contribution < -0.4 is 5.32 Å². The van der Waals surface area contributed by atoms with E-state index in [1.165, 1.54) is 11.3 Å². The second-order valence-electron chi connectivity index (χ2n) is 5.18. The van der Waals surface area contributed by atoms with Gasteiger partial charge in [0.2, 0.25) is 0 Å². The number of nitrogens with zero attached hydrogens (tertiary/aromatic N) is 1. The lowest BCUT2D eigenvalue weighted by atomic mass is 10.1. The van der Waals surface area contributed by atoms with Crippen LogP contribution in [0.5, 0.6) is 0 Å². The number of rotatable bonds is 1. The molecule has 2 nitrogen and oxygen atoms in total. The maximum Gasteiger partial charge on any atom is 0.123 e. The van der Waals surface area contributed by atoms with Crippen molar-refractivity contribution in [2.24, 2.45) is 0 Å². The Labute approximate surface area is 116 Å². The molecule has 0 spiro atoms. The zero-order valence-corrected chi connectivity index (χ0v) is 11.1. The summed E-state index contributed by atoms with van der Waals surface area (Å²) in [5.74, 6) is -0.170. The second kappa shape index (κ2) is 4.46. The Balaban J connectivity index is 2.09. The Bertz CT molecular complexity index is 775. The smallest absolute Gasteiger partial charge is 0.123 e. The van der Waals surface area contributed by atoms with Crippen molar-refractivity contribution < 1.29 is 4.39 Å². The first-order valence-corrected chi connectivity index (χ1v) is 6.92. The first-order valence-electron chi connectivity index (χ1n) is 6.92. The van der Waals surface area contributed by atoms with Crippen molar-refractivity contribution in [3.05, 3.63) is 65.6 Å². The minimum Gasteiger partial charge on any atom is -0.313 e. The van der Waals surface area contributed by atoms with Gasteiger partial charge in [-0.05, 0) is 35.9 Å². The van der Waals surface area contributed by atoms with Crippen molar-refractivity contribution in [2.45, 2.75) is 13.0 Å². The van der Waals surface area contributed by atoms with Gasteiger partial charge in [-0.2, -0.15) is 0 Å². The standard InChI is InChI=1S/C17H15FN2/c18-12-6-7-16-14(10-12)15-11-19-9-8-17(15)20(16)13-4-2-1-3-5-13/h1-7,10,19H,8-9,11H2. The van der Waals surface area contributed by atoms with Gasteiger partial charge in [0, 0.05) is 36.3 Å². The summed E-state index contributed by atoms with van der Waals surface area (Å²) in [7, 11) is 0. The highest BCUT2D eigenvalue weighted by Gasteiger charge is 2.20. The highest BCUT2D eigenvalue weighted by atomic mass is 19.1. The van der Waals surface area contributed by atoms with Crippen LogP contribution in [0.25, 0.3) is 16.6 Å². The molecule has 0 unspecified atom stereocenters. The fourth-order valence-electron chi connectivity index (χ4n) is 3.13. The lowest BCUT2D eigenvalue weighted by molar-refractivity contribution is 0.627. The molecule has 0 atom stereocenters. The summed E-state index contributed by atoms with van der Waals surface area (Å²) in [6, 6.07) is 15.4. The van der Waals surface area contributed by atoms with Gasteiger partial charge in [0.1, 0.15) is 5.82 Å². The van der Waals surface area contributed by atoms with E-state index in [1.807, 2.05) is 24.3 Å². The molecule has 0 aliphatic carbocycles. The molecule has 100 valence electrons. The molecule has 3 aromatic rings. The molecular formula is C17H15FN2. The summed E-state index contributed by atoms with van der Waals surface area (Å²) in [6.07, 6.45) is 0.973. The Morgan fingerprint density at radius 3 is 2.75 bits per heavy atom. The van der Waals surface area contributed by atoms with E-state index in [4.69, 9.17) is 0 Å². The molecule has 4 rings (SSSR count). The summed E-state index contributed by atoms with van der Waals surface area (Å²) in [5, 5.41) is 4.41. The molecular weight excluding hydrogens is 251 g/mol. The first kappa shape index (κ1) is 11.7. The fourth-order valence-corrected chi connectivity index (χ4v) is 3.13. The summed E-state index contributed by atoms with van der Waals surface area (Å²) < 4.78 is 15.9. The molecule has 0 fully saturated rings. The van der Waals surface area contributed by atoms with E-state index in [1.54, 1.807) is 12.1 Å². The topological polar surface area (TPSA) is 17.0 Å². The molecule has 2 aromatic carbocycles. The van der Waals surface area contributed by atoms with Crippen molar-refractivity contribution in [1.82, 2.24) is 9.88 Å². The molecule has 0 bridgehead atoms. The number of hydrogen-bond donors (Lipinski definition) is 1. The minimum absolute atomic E-state index is 0.170. The number of para-hydroxylation sites is 1. The van der Waals surface area contributed by atoms with Crippen LogP contribution in [0.4, 0.5) is 4.39 Å². The van der Waals surface area contributed by atoms with Crippen LogP contribution in [0.1, 0.15) is 11.3 Å². The maximum atomic E-state index is 13.6. The van der Waals surface area contributed by atoms with E-state index in [0.29, 0.717) is 0 Å². The normalized spacial score (nSPS) is 14.4. The molecule has 0 saturated carbocycles. The summed E-state index contributed by atoms with van der Waals surface area (Å²) in [6.45, 7) is 1.79. The van der Waals surface area contributed by atoms with Crippen molar-refractivity contribution in [3.8, 4) is 5.69 Å². The Morgan fingerprint density at radius 1 is 1.05 bits per heavy atom. The minimum atomic E-state index is -0.170. The van der Waals surface area contributed by atoms with Gasteiger partial charge in [-0.15, -0.1) is 0 Å². The fraction of sp³-hybridized carbons (Fsp3) is 0.176. The van der Waals surface area contributed by atoms with Gasteiger partial charge in [0.15, 0.2) is 0 Å². The van der Waals surface area contributed by atoms with Gasteiger partial charge in [-0.25, -0.2) is 4.39 Å². The molecule has 0 saturated heterocycles. The van der Waals surface area contributed by atoms with Crippen LogP contribution >= 0.6 is 0 Å². The number of nitrogens with one attached hydrogen (secondary N) is 1. The quantitative estimate of drug-likeness (QED) is 0.714. The summed E-state index contributed by atoms with van der Waals surface area (Å²) in [5.41, 5.74) is 4.77. The van der Waals surface area contributed by atoms with E-state index in [0.717, 1.165) is 36.1 Å². The SMILES string of the molecule is Fc1ccc2c(c1)c1c(n2-c2ccccc2)CCNC1. The molecule has 20 heavy (non-hydrogen) atoms. The number of fused-ring (bicyclic) bond motifs is 3. The highest BCUT2D eigenvalue weighted by Crippen LogP contribution is 2.31. The van der Waals surface area contributed by atoms with Crippen LogP contribution in [0.3, 0.4) is 0 Å². The highest BCUT2D eigenvalue weighted by molar-refractivity contribution is 5.87. The zero-order valence-electron chi connectivity index (χ0n) is 11.1. The second-order valence-corrected chi connectivity index (χ2v) is 5.18. The predicted molar refractivity (Wildman–Crippen MR) is 78.6 cm³/mol.